The van der Waals surface area contributed by atoms with Gasteiger partial charge in [0.15, 0.2) is 16.9 Å². The number of aromatic nitrogens is 1. The Kier molecular flexibility index (Phi) is 8.25. The molecule has 2 rings (SSSR count). The van der Waals surface area contributed by atoms with E-state index >= 15 is 0 Å². The number of carbonyl (C=O) groups excluding carboxylic acids is 2. The molecule has 0 aliphatic carbocycles. The van der Waals surface area contributed by atoms with Crippen LogP contribution in [-0.4, -0.2) is 36.1 Å². The molecule has 1 aromatic heterocycles. The largest absolute Gasteiger partial charge is 0.494 e. The number of hydrogen-bond donors (Lipinski definition) is 2. The standard InChI is InChI=1S/C20H27N3O4S/c1-5-26-16-8-6-15(7-9-16)22-18(24)14(4)27-19(25)17-12-28-20(23-17)21-11-10-13(2)3/h6-9,12-14H,5,10-11H2,1-4H3,(H,21,23)(H,22,24)/t14-/m0/s1. The second-order valence-electron chi connectivity index (χ2n) is 6.64. The predicted octanol–water partition coefficient (Wildman–Crippen LogP) is 4.18. The van der Waals surface area contributed by atoms with E-state index in [0.29, 0.717) is 23.3 Å². The fourth-order valence-corrected chi connectivity index (χ4v) is 2.94. The quantitative estimate of drug-likeness (QED) is 0.576. The molecule has 0 saturated heterocycles. The monoisotopic (exact) mass is 405 g/mol. The summed E-state index contributed by atoms with van der Waals surface area (Å²) >= 11 is 1.34. The number of carbonyl (C=O) groups is 2. The van der Waals surface area contributed by atoms with E-state index in [1.165, 1.54) is 18.3 Å². The molecule has 2 aromatic rings. The molecule has 0 bridgehead atoms. The first-order chi connectivity index (χ1) is 13.4. The van der Waals surface area contributed by atoms with Crippen molar-refractivity contribution in [1.82, 2.24) is 4.98 Å². The normalized spacial score (nSPS) is 11.8. The van der Waals surface area contributed by atoms with Gasteiger partial charge >= 0.3 is 5.97 Å². The molecule has 0 fully saturated rings. The number of benzene rings is 1. The van der Waals surface area contributed by atoms with Crippen molar-refractivity contribution < 1.29 is 19.1 Å². The molecular formula is C20H27N3O4S. The van der Waals surface area contributed by atoms with E-state index in [9.17, 15) is 9.59 Å². The van der Waals surface area contributed by atoms with E-state index in [1.54, 1.807) is 29.6 Å². The van der Waals surface area contributed by atoms with Crippen molar-refractivity contribution in [2.75, 3.05) is 23.8 Å². The van der Waals surface area contributed by atoms with E-state index in [-0.39, 0.29) is 5.69 Å². The van der Waals surface area contributed by atoms with Gasteiger partial charge in [-0.1, -0.05) is 13.8 Å². The van der Waals surface area contributed by atoms with Crippen molar-refractivity contribution in [3.05, 3.63) is 35.3 Å². The number of nitrogens with zero attached hydrogens (tertiary/aromatic N) is 1. The number of rotatable bonds is 10. The second kappa shape index (κ2) is 10.7. The number of amides is 1. The Balaban J connectivity index is 1.84. The van der Waals surface area contributed by atoms with E-state index in [0.717, 1.165) is 18.7 Å². The molecule has 1 heterocycles. The first-order valence-electron chi connectivity index (χ1n) is 9.33. The molecule has 1 amide bonds. The van der Waals surface area contributed by atoms with Crippen molar-refractivity contribution in [2.45, 2.75) is 40.2 Å². The lowest BCUT2D eigenvalue weighted by atomic mass is 10.1. The van der Waals surface area contributed by atoms with Gasteiger partial charge in [0.2, 0.25) is 0 Å². The summed E-state index contributed by atoms with van der Waals surface area (Å²) in [6.07, 6.45) is 0.0698. The molecule has 152 valence electrons. The van der Waals surface area contributed by atoms with Gasteiger partial charge in [0.1, 0.15) is 5.75 Å². The van der Waals surface area contributed by atoms with Crippen LogP contribution in [0.15, 0.2) is 29.6 Å². The minimum Gasteiger partial charge on any atom is -0.494 e. The summed E-state index contributed by atoms with van der Waals surface area (Å²) in [6, 6.07) is 6.98. The van der Waals surface area contributed by atoms with Gasteiger partial charge in [-0.3, -0.25) is 4.79 Å². The van der Waals surface area contributed by atoms with Gasteiger partial charge in [0, 0.05) is 17.6 Å². The molecule has 7 nitrogen and oxygen atoms in total. The molecule has 28 heavy (non-hydrogen) atoms. The molecule has 0 unspecified atom stereocenters. The SMILES string of the molecule is CCOc1ccc(NC(=O)[C@H](C)OC(=O)c2csc(NCCC(C)C)n2)cc1. The summed E-state index contributed by atoms with van der Waals surface area (Å²) in [5.41, 5.74) is 0.791. The zero-order valence-corrected chi connectivity index (χ0v) is 17.5. The lowest BCUT2D eigenvalue weighted by Gasteiger charge is -2.13. The number of esters is 1. The van der Waals surface area contributed by atoms with Crippen LogP contribution in [0.1, 0.15) is 44.6 Å². The molecule has 0 aliphatic heterocycles. The smallest absolute Gasteiger partial charge is 0.358 e. The molecule has 8 heteroatoms. The van der Waals surface area contributed by atoms with Crippen molar-refractivity contribution in [3.8, 4) is 5.75 Å². The van der Waals surface area contributed by atoms with Gasteiger partial charge in [-0.15, -0.1) is 11.3 Å². The van der Waals surface area contributed by atoms with Crippen LogP contribution < -0.4 is 15.4 Å². The highest BCUT2D eigenvalue weighted by atomic mass is 32.1. The Morgan fingerprint density at radius 1 is 1.18 bits per heavy atom. The van der Waals surface area contributed by atoms with E-state index in [2.05, 4.69) is 29.5 Å². The topological polar surface area (TPSA) is 89.5 Å². The maximum Gasteiger partial charge on any atom is 0.358 e. The van der Waals surface area contributed by atoms with E-state index in [4.69, 9.17) is 9.47 Å². The van der Waals surface area contributed by atoms with Crippen LogP contribution in [0.2, 0.25) is 0 Å². The number of thiazole rings is 1. The molecular weight excluding hydrogens is 378 g/mol. The van der Waals surface area contributed by atoms with Crippen LogP contribution in [-0.2, 0) is 9.53 Å². The average molecular weight is 406 g/mol. The van der Waals surface area contributed by atoms with Crippen molar-refractivity contribution in [3.63, 3.8) is 0 Å². The van der Waals surface area contributed by atoms with Crippen LogP contribution >= 0.6 is 11.3 Å². The summed E-state index contributed by atoms with van der Waals surface area (Å²) in [5, 5.41) is 8.18. The second-order valence-corrected chi connectivity index (χ2v) is 7.50. The summed E-state index contributed by atoms with van der Waals surface area (Å²) in [5.74, 6) is 0.276. The van der Waals surface area contributed by atoms with Gasteiger partial charge in [-0.2, -0.15) is 0 Å². The van der Waals surface area contributed by atoms with Gasteiger partial charge in [-0.25, -0.2) is 9.78 Å². The Hall–Kier alpha value is -2.61. The highest BCUT2D eigenvalue weighted by Gasteiger charge is 2.21. The highest BCUT2D eigenvalue weighted by Crippen LogP contribution is 2.18. The molecule has 2 N–H and O–H groups in total. The summed E-state index contributed by atoms with van der Waals surface area (Å²) in [6.45, 7) is 9.08. The van der Waals surface area contributed by atoms with Gasteiger partial charge in [-0.05, 0) is 50.5 Å². The van der Waals surface area contributed by atoms with E-state index in [1.807, 2.05) is 6.92 Å². The van der Waals surface area contributed by atoms with Crippen LogP contribution in [0, 0.1) is 5.92 Å². The Morgan fingerprint density at radius 2 is 1.89 bits per heavy atom. The Labute approximate surface area is 169 Å². The lowest BCUT2D eigenvalue weighted by Crippen LogP contribution is -2.30. The zero-order valence-electron chi connectivity index (χ0n) is 16.7. The molecule has 0 spiro atoms. The third-order valence-corrected chi connectivity index (χ3v) is 4.60. The van der Waals surface area contributed by atoms with Crippen molar-refractivity contribution >= 4 is 34.0 Å². The molecule has 0 saturated carbocycles. The summed E-state index contributed by atoms with van der Waals surface area (Å²) in [4.78, 5) is 28.7. The van der Waals surface area contributed by atoms with Crippen LogP contribution in [0.3, 0.4) is 0 Å². The minimum absolute atomic E-state index is 0.192. The summed E-state index contributed by atoms with van der Waals surface area (Å²) in [7, 11) is 0. The fraction of sp³-hybridized carbons (Fsp3) is 0.450. The maximum atomic E-state index is 12.3. The number of ether oxygens (including phenoxy) is 2. The third kappa shape index (κ3) is 6.84. The maximum absolute atomic E-state index is 12.3. The van der Waals surface area contributed by atoms with Crippen LogP contribution in [0.5, 0.6) is 5.75 Å². The fourth-order valence-electron chi connectivity index (χ4n) is 2.24. The summed E-state index contributed by atoms with van der Waals surface area (Å²) < 4.78 is 10.6. The average Bonchev–Trinajstić information content (AvgIpc) is 3.12. The van der Waals surface area contributed by atoms with Gasteiger partial charge in [0.05, 0.1) is 6.61 Å². The third-order valence-electron chi connectivity index (χ3n) is 3.80. The first kappa shape index (κ1) is 21.7. The number of hydrogen-bond acceptors (Lipinski definition) is 7. The highest BCUT2D eigenvalue weighted by molar-refractivity contribution is 7.13. The number of anilines is 2. The minimum atomic E-state index is -0.946. The van der Waals surface area contributed by atoms with Crippen molar-refractivity contribution in [1.29, 1.82) is 0 Å². The molecule has 0 aliphatic rings. The first-order valence-corrected chi connectivity index (χ1v) is 10.2. The Morgan fingerprint density at radius 3 is 2.54 bits per heavy atom. The lowest BCUT2D eigenvalue weighted by molar-refractivity contribution is -0.123. The van der Waals surface area contributed by atoms with Gasteiger partial charge in [0.25, 0.3) is 5.91 Å². The molecule has 1 aromatic carbocycles. The van der Waals surface area contributed by atoms with Gasteiger partial charge < -0.3 is 20.1 Å². The Bertz CT molecular complexity index is 774. The van der Waals surface area contributed by atoms with Crippen LogP contribution in [0.4, 0.5) is 10.8 Å². The van der Waals surface area contributed by atoms with Crippen LogP contribution in [0.25, 0.3) is 0 Å². The molecule has 1 atom stereocenters. The van der Waals surface area contributed by atoms with E-state index < -0.39 is 18.0 Å². The number of nitrogens with one attached hydrogen (secondary N) is 2. The van der Waals surface area contributed by atoms with Crippen molar-refractivity contribution in [2.24, 2.45) is 5.92 Å². The zero-order chi connectivity index (χ0) is 20.5. The molecule has 0 radical (unpaired) electrons. The predicted molar refractivity (Wildman–Crippen MR) is 111 cm³/mol.